The minimum atomic E-state index is -0.718. The summed E-state index contributed by atoms with van der Waals surface area (Å²) < 4.78 is 0. The van der Waals surface area contributed by atoms with Gasteiger partial charge in [0.25, 0.3) is 0 Å². The number of carbonyl (C=O) groups is 2. The van der Waals surface area contributed by atoms with E-state index in [4.69, 9.17) is 5.11 Å². The van der Waals surface area contributed by atoms with Gasteiger partial charge in [-0.25, -0.2) is 0 Å². The molecule has 3 N–H and O–H groups in total. The van der Waals surface area contributed by atoms with Gasteiger partial charge in [-0.1, -0.05) is 13.3 Å². The summed E-state index contributed by atoms with van der Waals surface area (Å²) in [6, 6.07) is 0.626. The number of carboxylic acid groups (broad SMARTS) is 1. The Morgan fingerprint density at radius 2 is 2.22 bits per heavy atom. The molecule has 0 aromatic rings. The third-order valence-corrected chi connectivity index (χ3v) is 3.49. The van der Waals surface area contributed by atoms with Crippen LogP contribution < -0.4 is 10.6 Å². The van der Waals surface area contributed by atoms with Crippen molar-refractivity contribution in [3.63, 3.8) is 0 Å². The number of hydrogen-bond donors (Lipinski definition) is 3. The fourth-order valence-corrected chi connectivity index (χ4v) is 2.13. The lowest BCUT2D eigenvalue weighted by molar-refractivity contribution is -0.141. The van der Waals surface area contributed by atoms with Crippen molar-refractivity contribution >= 4 is 11.9 Å². The quantitative estimate of drug-likeness (QED) is 0.608. The summed E-state index contributed by atoms with van der Waals surface area (Å²) in [5.74, 6) is -0.833. The van der Waals surface area contributed by atoms with Crippen molar-refractivity contribution in [2.75, 3.05) is 6.54 Å². The molecule has 1 aliphatic rings. The van der Waals surface area contributed by atoms with Crippen LogP contribution in [0.25, 0.3) is 0 Å². The van der Waals surface area contributed by atoms with E-state index < -0.39 is 5.97 Å². The molecule has 3 atom stereocenters. The van der Waals surface area contributed by atoms with Crippen LogP contribution in [0.3, 0.4) is 0 Å². The summed E-state index contributed by atoms with van der Waals surface area (Å²) in [6.07, 6.45) is 4.16. The molecule has 3 unspecified atom stereocenters. The van der Waals surface area contributed by atoms with Gasteiger partial charge in [0.15, 0.2) is 0 Å². The lowest BCUT2D eigenvalue weighted by atomic mass is 10.0. The molecule has 0 aromatic carbocycles. The van der Waals surface area contributed by atoms with Crippen LogP contribution in [0.5, 0.6) is 0 Å². The highest BCUT2D eigenvalue weighted by molar-refractivity contribution is 5.78. The molecular formula is C13H24N2O3. The molecule has 5 nitrogen and oxygen atoms in total. The lowest BCUT2D eigenvalue weighted by Gasteiger charge is -2.17. The van der Waals surface area contributed by atoms with Crippen molar-refractivity contribution in [3.8, 4) is 0 Å². The summed E-state index contributed by atoms with van der Waals surface area (Å²) in [6.45, 7) is 4.65. The SMILES string of the molecule is CC(CCCC(C)C(=O)O)NCC1CCC(=O)N1. The van der Waals surface area contributed by atoms with Gasteiger partial charge in [0.2, 0.25) is 5.91 Å². The van der Waals surface area contributed by atoms with E-state index in [1.807, 2.05) is 0 Å². The number of amides is 1. The van der Waals surface area contributed by atoms with Gasteiger partial charge in [-0.05, 0) is 26.2 Å². The van der Waals surface area contributed by atoms with E-state index in [1.165, 1.54) is 0 Å². The molecular weight excluding hydrogens is 232 g/mol. The van der Waals surface area contributed by atoms with E-state index in [0.29, 0.717) is 12.5 Å². The normalized spacial score (nSPS) is 22.6. The van der Waals surface area contributed by atoms with Crippen LogP contribution in [-0.4, -0.2) is 35.6 Å². The number of nitrogens with one attached hydrogen (secondary N) is 2. The zero-order valence-corrected chi connectivity index (χ0v) is 11.2. The molecule has 1 amide bonds. The van der Waals surface area contributed by atoms with E-state index in [9.17, 15) is 9.59 Å². The maximum atomic E-state index is 11.0. The van der Waals surface area contributed by atoms with Crippen LogP contribution in [0.2, 0.25) is 0 Å². The molecule has 0 saturated carbocycles. The molecule has 0 aliphatic carbocycles. The van der Waals surface area contributed by atoms with E-state index in [-0.39, 0.29) is 17.9 Å². The molecule has 104 valence electrons. The second-order valence-corrected chi connectivity index (χ2v) is 5.28. The Kier molecular flexibility index (Phi) is 6.12. The Hall–Kier alpha value is -1.10. The van der Waals surface area contributed by atoms with E-state index >= 15 is 0 Å². The zero-order chi connectivity index (χ0) is 13.5. The Morgan fingerprint density at radius 1 is 1.50 bits per heavy atom. The van der Waals surface area contributed by atoms with Crippen molar-refractivity contribution in [3.05, 3.63) is 0 Å². The monoisotopic (exact) mass is 256 g/mol. The second kappa shape index (κ2) is 7.36. The summed E-state index contributed by atoms with van der Waals surface area (Å²) >= 11 is 0. The molecule has 18 heavy (non-hydrogen) atoms. The van der Waals surface area contributed by atoms with Crippen LogP contribution in [-0.2, 0) is 9.59 Å². The van der Waals surface area contributed by atoms with Gasteiger partial charge in [-0.3, -0.25) is 9.59 Å². The summed E-state index contributed by atoms with van der Waals surface area (Å²) in [7, 11) is 0. The third kappa shape index (κ3) is 5.49. The predicted octanol–water partition coefficient (Wildman–Crippen LogP) is 1.13. The van der Waals surface area contributed by atoms with Crippen LogP contribution in [0.1, 0.15) is 46.0 Å². The molecule has 1 saturated heterocycles. The molecule has 0 aromatic heterocycles. The maximum Gasteiger partial charge on any atom is 0.306 e. The van der Waals surface area contributed by atoms with Gasteiger partial charge < -0.3 is 15.7 Å². The largest absolute Gasteiger partial charge is 0.481 e. The smallest absolute Gasteiger partial charge is 0.306 e. The van der Waals surface area contributed by atoms with Crippen molar-refractivity contribution in [1.29, 1.82) is 0 Å². The highest BCUT2D eigenvalue weighted by Crippen LogP contribution is 2.10. The first-order chi connectivity index (χ1) is 8.49. The van der Waals surface area contributed by atoms with Crippen LogP contribution in [0, 0.1) is 5.92 Å². The molecule has 1 fully saturated rings. The Bertz CT molecular complexity index is 294. The van der Waals surface area contributed by atoms with Gasteiger partial charge in [-0.15, -0.1) is 0 Å². The fourth-order valence-electron chi connectivity index (χ4n) is 2.13. The highest BCUT2D eigenvalue weighted by Gasteiger charge is 2.20. The molecule has 0 bridgehead atoms. The fraction of sp³-hybridized carbons (Fsp3) is 0.846. The van der Waals surface area contributed by atoms with Gasteiger partial charge in [0.1, 0.15) is 0 Å². The van der Waals surface area contributed by atoms with Crippen LogP contribution >= 0.6 is 0 Å². The predicted molar refractivity (Wildman–Crippen MR) is 69.3 cm³/mol. The average Bonchev–Trinajstić information content (AvgIpc) is 2.72. The van der Waals surface area contributed by atoms with Gasteiger partial charge in [0, 0.05) is 25.0 Å². The minimum absolute atomic E-state index is 0.143. The van der Waals surface area contributed by atoms with E-state index in [2.05, 4.69) is 17.6 Å². The molecule has 5 heteroatoms. The summed E-state index contributed by atoms with van der Waals surface area (Å²) in [5.41, 5.74) is 0. The maximum absolute atomic E-state index is 11.0. The number of carboxylic acids is 1. The first-order valence-electron chi connectivity index (χ1n) is 6.74. The Morgan fingerprint density at radius 3 is 2.78 bits per heavy atom. The Balaban J connectivity index is 2.05. The molecule has 1 heterocycles. The third-order valence-electron chi connectivity index (χ3n) is 3.49. The van der Waals surface area contributed by atoms with Crippen molar-refractivity contribution < 1.29 is 14.7 Å². The minimum Gasteiger partial charge on any atom is -0.481 e. The van der Waals surface area contributed by atoms with Crippen molar-refractivity contribution in [2.45, 2.75) is 58.0 Å². The second-order valence-electron chi connectivity index (χ2n) is 5.28. The molecule has 0 spiro atoms. The first-order valence-corrected chi connectivity index (χ1v) is 6.74. The number of carbonyl (C=O) groups excluding carboxylic acids is 1. The van der Waals surface area contributed by atoms with Gasteiger partial charge in [0.05, 0.1) is 5.92 Å². The van der Waals surface area contributed by atoms with Gasteiger partial charge >= 0.3 is 5.97 Å². The average molecular weight is 256 g/mol. The first kappa shape index (κ1) is 15.0. The van der Waals surface area contributed by atoms with Gasteiger partial charge in [-0.2, -0.15) is 0 Å². The highest BCUT2D eigenvalue weighted by atomic mass is 16.4. The number of aliphatic carboxylic acids is 1. The summed E-state index contributed by atoms with van der Waals surface area (Å²) in [5, 5.41) is 15.1. The van der Waals surface area contributed by atoms with Crippen LogP contribution in [0.4, 0.5) is 0 Å². The lowest BCUT2D eigenvalue weighted by Crippen LogP contribution is -2.39. The molecule has 0 radical (unpaired) electrons. The van der Waals surface area contributed by atoms with Crippen LogP contribution in [0.15, 0.2) is 0 Å². The Labute approximate surface area is 108 Å². The van der Waals surface area contributed by atoms with Crippen molar-refractivity contribution in [2.24, 2.45) is 5.92 Å². The summed E-state index contributed by atoms with van der Waals surface area (Å²) in [4.78, 5) is 21.7. The topological polar surface area (TPSA) is 78.4 Å². The number of rotatable bonds is 8. The number of hydrogen-bond acceptors (Lipinski definition) is 3. The standard InChI is InChI=1S/C13H24N2O3/c1-9(13(17)18)4-3-5-10(2)14-8-11-6-7-12(16)15-11/h9-11,14H,3-8H2,1-2H3,(H,15,16)(H,17,18). The van der Waals surface area contributed by atoms with E-state index in [0.717, 1.165) is 32.2 Å². The molecule has 1 rings (SSSR count). The molecule has 1 aliphatic heterocycles. The van der Waals surface area contributed by atoms with Crippen molar-refractivity contribution in [1.82, 2.24) is 10.6 Å². The van der Waals surface area contributed by atoms with E-state index in [1.54, 1.807) is 6.92 Å². The zero-order valence-electron chi connectivity index (χ0n) is 11.2.